The van der Waals surface area contributed by atoms with E-state index in [1.165, 1.54) is 72.2 Å². The van der Waals surface area contributed by atoms with Gasteiger partial charge in [-0.15, -0.1) is 0 Å². The van der Waals surface area contributed by atoms with Gasteiger partial charge in [0, 0.05) is 62.0 Å². The van der Waals surface area contributed by atoms with Crippen LogP contribution >= 0.6 is 21.6 Å². The zero-order valence-electron chi connectivity index (χ0n) is 37.4. The fourth-order valence-corrected chi connectivity index (χ4v) is 9.95. The predicted molar refractivity (Wildman–Crippen MR) is 249 cm³/mol. The molecular weight excluding hydrogens is 863 g/mol. The van der Waals surface area contributed by atoms with Crippen LogP contribution in [0.5, 0.6) is 5.75 Å². The first-order chi connectivity index (χ1) is 30.7. The minimum absolute atomic E-state index is 0.0504. The lowest BCUT2D eigenvalue weighted by molar-refractivity contribution is -0.142. The number of amides is 4. The van der Waals surface area contributed by atoms with Crippen LogP contribution in [0.25, 0.3) is 0 Å². The number of Topliss-reactive ketones (excluding diaryl/α,β-unsaturated/α-hetero) is 2. The number of aliphatic carboxylic acids is 2. The number of hydrogen-bond acceptors (Lipinski definition) is 12. The molecule has 16 nitrogen and oxygen atoms in total. The first-order valence-electron chi connectivity index (χ1n) is 23.1. The molecule has 5 atom stereocenters. The molecule has 10 N–H and O–H groups in total. The zero-order valence-corrected chi connectivity index (χ0v) is 39.0. The molecule has 64 heavy (non-hydrogen) atoms. The summed E-state index contributed by atoms with van der Waals surface area (Å²) in [4.78, 5) is 98.8. The molecule has 0 aliphatic carbocycles. The molecule has 1 saturated heterocycles. The van der Waals surface area contributed by atoms with E-state index in [0.29, 0.717) is 30.8 Å². The third-order valence-corrected chi connectivity index (χ3v) is 13.9. The van der Waals surface area contributed by atoms with Crippen molar-refractivity contribution in [2.45, 2.75) is 172 Å². The number of hydrogen-bond donors (Lipinski definition) is 8. The van der Waals surface area contributed by atoms with Gasteiger partial charge in [-0.25, -0.2) is 4.79 Å². The van der Waals surface area contributed by atoms with E-state index in [0.717, 1.165) is 50.5 Å². The summed E-state index contributed by atoms with van der Waals surface area (Å²) in [5, 5.41) is 35.8. The maximum absolute atomic E-state index is 13.3. The number of carboxylic acid groups (broad SMARTS) is 2. The highest BCUT2D eigenvalue weighted by molar-refractivity contribution is 8.76. The molecule has 0 spiro atoms. The first-order valence-corrected chi connectivity index (χ1v) is 25.6. The average molecular weight is 936 g/mol. The highest BCUT2D eigenvalue weighted by Gasteiger charge is 2.33. The third kappa shape index (κ3) is 26.0. The summed E-state index contributed by atoms with van der Waals surface area (Å²) < 4.78 is 0. The van der Waals surface area contributed by atoms with E-state index in [1.807, 2.05) is 0 Å². The Hall–Kier alpha value is -4.16. The Morgan fingerprint density at radius 3 is 1.83 bits per heavy atom. The molecule has 1 aliphatic heterocycles. The highest BCUT2D eigenvalue weighted by atomic mass is 33.1. The lowest BCUT2D eigenvalue weighted by Gasteiger charge is -2.25. The molecule has 1 fully saturated rings. The van der Waals surface area contributed by atoms with E-state index in [2.05, 4.69) is 16.0 Å². The van der Waals surface area contributed by atoms with E-state index < -0.39 is 53.7 Å². The molecule has 0 radical (unpaired) electrons. The number of phenolic OH excluding ortho intramolecular Hbond substituents is 1. The number of benzene rings is 1. The summed E-state index contributed by atoms with van der Waals surface area (Å²) >= 11 is 0. The van der Waals surface area contributed by atoms with Crippen molar-refractivity contribution in [2.75, 3.05) is 18.1 Å². The Labute approximate surface area is 386 Å². The zero-order chi connectivity index (χ0) is 47.1. The molecule has 1 heterocycles. The molecule has 0 aromatic heterocycles. The van der Waals surface area contributed by atoms with Gasteiger partial charge in [-0.05, 0) is 62.6 Å². The van der Waals surface area contributed by atoms with Crippen molar-refractivity contribution in [3.8, 4) is 5.75 Å². The number of primary amides is 1. The van der Waals surface area contributed by atoms with Gasteiger partial charge in [0.2, 0.25) is 23.6 Å². The average Bonchev–Trinajstić information content (AvgIpc) is 3.24. The minimum atomic E-state index is -1.20. The lowest BCUT2D eigenvalue weighted by atomic mass is 9.87. The monoisotopic (exact) mass is 935 g/mol. The second kappa shape index (κ2) is 33.3. The Bertz CT molecular complexity index is 1620. The molecule has 1 unspecified atom stereocenters. The second-order valence-electron chi connectivity index (χ2n) is 16.9. The molecular formula is C46H73N5O11S2. The Kier molecular flexibility index (Phi) is 29.2. The van der Waals surface area contributed by atoms with Crippen molar-refractivity contribution in [1.29, 1.82) is 0 Å². The molecule has 0 saturated carbocycles. The number of nitrogens with one attached hydrogen (secondary N) is 3. The fourth-order valence-electron chi connectivity index (χ4n) is 7.41. The van der Waals surface area contributed by atoms with Gasteiger partial charge in [-0.3, -0.25) is 33.6 Å². The van der Waals surface area contributed by atoms with Crippen LogP contribution in [0.3, 0.4) is 0 Å². The van der Waals surface area contributed by atoms with E-state index >= 15 is 0 Å². The minimum Gasteiger partial charge on any atom is -0.508 e. The number of rotatable bonds is 35. The quantitative estimate of drug-likeness (QED) is 0.0298. The number of ketones is 2. The third-order valence-electron chi connectivity index (χ3n) is 11.4. The Balaban J connectivity index is 1.56. The van der Waals surface area contributed by atoms with Crippen LogP contribution in [0.2, 0.25) is 0 Å². The molecule has 1 aliphatic rings. The van der Waals surface area contributed by atoms with Crippen LogP contribution in [0.1, 0.15) is 153 Å². The van der Waals surface area contributed by atoms with Gasteiger partial charge < -0.3 is 42.7 Å². The van der Waals surface area contributed by atoms with Crippen molar-refractivity contribution in [3.63, 3.8) is 0 Å². The van der Waals surface area contributed by atoms with E-state index in [4.69, 9.17) is 16.6 Å². The molecule has 1 aromatic rings. The summed E-state index contributed by atoms with van der Waals surface area (Å²) in [6.07, 6.45) is 16.5. The Morgan fingerprint density at radius 1 is 0.703 bits per heavy atom. The topological polar surface area (TPSA) is 285 Å². The van der Waals surface area contributed by atoms with Gasteiger partial charge in [0.1, 0.15) is 17.6 Å². The SMILES string of the molecule is NC(=O)[C@@H](CC(=O)[C@@H]1CSSC[C@H](NC(=O)[C@@H](N)CCCCNC(=O)CCC(NC(=O)CCCCCCCCCCCCCCCCC(=O)O)C(=O)O)C(=O)C1)Cc1ccc(O)cc1. The van der Waals surface area contributed by atoms with Crippen molar-refractivity contribution in [1.82, 2.24) is 16.0 Å². The number of carbonyl (C=O) groups excluding carboxylic acids is 6. The number of phenols is 1. The molecule has 360 valence electrons. The largest absolute Gasteiger partial charge is 0.508 e. The van der Waals surface area contributed by atoms with Gasteiger partial charge in [0.05, 0.1) is 12.1 Å². The molecule has 4 amide bonds. The number of carboxylic acids is 2. The van der Waals surface area contributed by atoms with Crippen LogP contribution in [-0.4, -0.2) is 98.6 Å². The summed E-state index contributed by atoms with van der Waals surface area (Å²) in [6, 6.07) is 3.36. The van der Waals surface area contributed by atoms with Crippen LogP contribution in [-0.2, 0) is 44.8 Å². The van der Waals surface area contributed by atoms with Crippen LogP contribution in [0, 0.1) is 11.8 Å². The van der Waals surface area contributed by atoms with Gasteiger partial charge in [0.15, 0.2) is 5.78 Å². The van der Waals surface area contributed by atoms with Crippen LogP contribution in [0.15, 0.2) is 24.3 Å². The van der Waals surface area contributed by atoms with Crippen molar-refractivity contribution in [3.05, 3.63) is 29.8 Å². The summed E-state index contributed by atoms with van der Waals surface area (Å²) in [5.74, 6) is -5.00. The summed E-state index contributed by atoms with van der Waals surface area (Å²) in [5.41, 5.74) is 12.5. The van der Waals surface area contributed by atoms with E-state index in [1.54, 1.807) is 12.1 Å². The summed E-state index contributed by atoms with van der Waals surface area (Å²) in [7, 11) is 2.78. The lowest BCUT2D eigenvalue weighted by Crippen LogP contribution is -2.50. The van der Waals surface area contributed by atoms with Crippen molar-refractivity contribution >= 4 is 68.7 Å². The second-order valence-corrected chi connectivity index (χ2v) is 19.5. The number of carbonyl (C=O) groups is 8. The number of nitrogens with two attached hydrogens (primary N) is 2. The van der Waals surface area contributed by atoms with E-state index in [9.17, 15) is 48.6 Å². The fraction of sp³-hybridized carbons (Fsp3) is 0.696. The maximum atomic E-state index is 13.3. The standard InChI is InChI=1S/C46H73N5O11S2/c47-36(45(60)51-38-31-64-63-30-34(29-40(38)54)39(53)28-33(44(48)59)27-32-20-22-35(52)23-21-32)17-15-16-26-49-41(55)25-24-37(46(61)62)50-42(56)18-13-11-9-7-5-3-1-2-4-6-8-10-12-14-19-43(57)58/h20-23,33-34,36-38,52H,1-19,24-31,47H2,(H2,48,59)(H,49,55)(H,50,56)(H,51,60)(H,57,58)(H,61,62)/t33-,34+,36+,37?,38+/m1/s1. The summed E-state index contributed by atoms with van der Waals surface area (Å²) in [6.45, 7) is 0.284. The van der Waals surface area contributed by atoms with Crippen LogP contribution in [0.4, 0.5) is 0 Å². The van der Waals surface area contributed by atoms with Crippen molar-refractivity contribution < 1.29 is 53.7 Å². The van der Waals surface area contributed by atoms with Crippen LogP contribution < -0.4 is 27.4 Å². The van der Waals surface area contributed by atoms with Gasteiger partial charge in [-0.2, -0.15) is 0 Å². The molecule has 18 heteroatoms. The highest BCUT2D eigenvalue weighted by Crippen LogP contribution is 2.31. The number of aromatic hydroxyl groups is 1. The first kappa shape index (κ1) is 56.0. The van der Waals surface area contributed by atoms with Gasteiger partial charge >= 0.3 is 11.9 Å². The van der Waals surface area contributed by atoms with E-state index in [-0.39, 0.29) is 87.0 Å². The smallest absolute Gasteiger partial charge is 0.326 e. The molecule has 1 aromatic carbocycles. The Morgan fingerprint density at radius 2 is 1.27 bits per heavy atom. The molecule has 0 bridgehead atoms. The normalized spacial score (nSPS) is 16.7. The van der Waals surface area contributed by atoms with Gasteiger partial charge in [-0.1, -0.05) is 111 Å². The number of unbranched alkanes of at least 4 members (excludes halogenated alkanes) is 14. The molecule has 2 rings (SSSR count). The van der Waals surface area contributed by atoms with Crippen molar-refractivity contribution in [2.24, 2.45) is 23.3 Å². The van der Waals surface area contributed by atoms with Gasteiger partial charge in [0.25, 0.3) is 0 Å². The predicted octanol–water partition coefficient (Wildman–Crippen LogP) is 5.74. The maximum Gasteiger partial charge on any atom is 0.326 e.